The predicted octanol–water partition coefficient (Wildman–Crippen LogP) is 5.04. The number of hydrogen-bond acceptors (Lipinski definition) is 6. The molecular weight excluding hydrogens is 452 g/mol. The third-order valence-corrected chi connectivity index (χ3v) is 7.05. The van der Waals surface area contributed by atoms with Crippen molar-refractivity contribution in [3.63, 3.8) is 0 Å². The smallest absolute Gasteiger partial charge is 0.262 e. The minimum Gasteiger partial charge on any atom is -0.494 e. The molecule has 6 nitrogen and oxygen atoms in total. The van der Waals surface area contributed by atoms with E-state index in [1.165, 1.54) is 28.0 Å². The Labute approximate surface area is 192 Å². The molecule has 1 aliphatic heterocycles. The fraction of sp³-hybridized carbons (Fsp3) is 0.182. The van der Waals surface area contributed by atoms with E-state index in [9.17, 15) is 9.90 Å². The summed E-state index contributed by atoms with van der Waals surface area (Å²) in [6, 6.07) is 8.80. The highest BCUT2D eigenvalue weighted by Gasteiger charge is 2.28. The number of allylic oxidation sites excluding steroid dienone is 1. The Balaban J connectivity index is 1.60. The van der Waals surface area contributed by atoms with Gasteiger partial charge < -0.3 is 5.11 Å². The highest BCUT2D eigenvalue weighted by atomic mass is 35.5. The van der Waals surface area contributed by atoms with E-state index in [-0.39, 0.29) is 16.2 Å². The molecule has 31 heavy (non-hydrogen) atoms. The lowest BCUT2D eigenvalue weighted by Crippen LogP contribution is -2.16. The van der Waals surface area contributed by atoms with Crippen molar-refractivity contribution >= 4 is 47.4 Å². The molecule has 0 bridgehead atoms. The van der Waals surface area contributed by atoms with Crippen LogP contribution in [0.4, 0.5) is 0 Å². The van der Waals surface area contributed by atoms with Crippen molar-refractivity contribution in [2.24, 2.45) is 0 Å². The summed E-state index contributed by atoms with van der Waals surface area (Å²) in [5, 5.41) is 20.8. The van der Waals surface area contributed by atoms with Crippen LogP contribution >= 0.6 is 35.6 Å². The first kappa shape index (κ1) is 20.2. The second-order valence-corrected chi connectivity index (χ2v) is 9.30. The van der Waals surface area contributed by atoms with Crippen LogP contribution in [0.15, 0.2) is 45.1 Å². The Morgan fingerprint density at radius 2 is 2.00 bits per heavy atom. The molecule has 3 N–H and O–H groups in total. The normalized spacial score (nSPS) is 16.4. The molecule has 0 amide bonds. The van der Waals surface area contributed by atoms with Crippen LogP contribution in [0.3, 0.4) is 0 Å². The number of hydrogen-bond donors (Lipinski definition) is 3. The third-order valence-electron chi connectivity index (χ3n) is 5.47. The molecule has 0 saturated heterocycles. The molecule has 9 heteroatoms. The van der Waals surface area contributed by atoms with Crippen LogP contribution in [0.1, 0.15) is 35.2 Å². The van der Waals surface area contributed by atoms with Crippen molar-refractivity contribution in [1.29, 1.82) is 5.41 Å². The second kappa shape index (κ2) is 7.78. The van der Waals surface area contributed by atoms with Gasteiger partial charge in [0.1, 0.15) is 10.6 Å². The number of nitrogens with zero attached hydrogens (tertiary/aromatic N) is 2. The maximum absolute atomic E-state index is 12.6. The van der Waals surface area contributed by atoms with E-state index in [0.717, 1.165) is 42.0 Å². The minimum absolute atomic E-state index is 0.0355. The van der Waals surface area contributed by atoms with Crippen molar-refractivity contribution in [3.05, 3.63) is 77.8 Å². The van der Waals surface area contributed by atoms with Crippen LogP contribution in [0.5, 0.6) is 5.88 Å². The van der Waals surface area contributed by atoms with Crippen LogP contribution in [0.25, 0.3) is 11.8 Å². The molecule has 3 aromatic rings. The number of pyridine rings is 1. The first-order chi connectivity index (χ1) is 14.9. The van der Waals surface area contributed by atoms with E-state index in [1.54, 1.807) is 24.3 Å². The van der Waals surface area contributed by atoms with Gasteiger partial charge in [-0.15, -0.1) is 0 Å². The second-order valence-electron chi connectivity index (χ2n) is 7.45. The molecule has 1 aromatic carbocycles. The maximum Gasteiger partial charge on any atom is 0.262 e. The van der Waals surface area contributed by atoms with Gasteiger partial charge in [0.15, 0.2) is 4.77 Å². The molecule has 2 aliphatic rings. The summed E-state index contributed by atoms with van der Waals surface area (Å²) in [7, 11) is 0. The van der Waals surface area contributed by atoms with Crippen molar-refractivity contribution in [2.45, 2.75) is 30.7 Å². The molecule has 0 spiro atoms. The Hall–Kier alpha value is -2.68. The van der Waals surface area contributed by atoms with Crippen LogP contribution in [-0.4, -0.2) is 25.4 Å². The lowest BCUT2D eigenvalue weighted by molar-refractivity contribution is 0.432. The van der Waals surface area contributed by atoms with Crippen molar-refractivity contribution in [3.8, 4) is 11.6 Å². The van der Waals surface area contributed by atoms with Crippen molar-refractivity contribution in [1.82, 2.24) is 14.5 Å². The average Bonchev–Trinajstić information content (AvgIpc) is 3.05. The zero-order valence-corrected chi connectivity index (χ0v) is 18.6. The number of nitrogens with one attached hydrogen (secondary N) is 2. The number of aryl methyl sites for hydroxylation is 2. The number of fused-ring (bicyclic) bond motifs is 2. The van der Waals surface area contributed by atoms with E-state index in [1.807, 2.05) is 0 Å². The Bertz CT molecular complexity index is 1390. The number of aromatic amines is 1. The van der Waals surface area contributed by atoms with Gasteiger partial charge in [0.05, 0.1) is 11.4 Å². The lowest BCUT2D eigenvalue weighted by Gasteiger charge is -2.15. The zero-order chi connectivity index (χ0) is 21.7. The van der Waals surface area contributed by atoms with Crippen LogP contribution < -0.4 is 5.56 Å². The minimum atomic E-state index is -0.517. The molecule has 156 valence electrons. The Morgan fingerprint density at radius 3 is 2.77 bits per heavy atom. The molecule has 0 atom stereocenters. The summed E-state index contributed by atoms with van der Waals surface area (Å²) in [4.78, 5) is 20.6. The largest absolute Gasteiger partial charge is 0.494 e. The van der Waals surface area contributed by atoms with Gasteiger partial charge in [0.25, 0.3) is 5.56 Å². The maximum atomic E-state index is 12.6. The SMILES string of the molecule is N=C1C(=Cc2c(O)n(-c3ccc(Cl)cc3)c(=S)[nH]c2=O)Sc2nc3c(cc21)CCCC3. The van der Waals surface area contributed by atoms with Gasteiger partial charge >= 0.3 is 0 Å². The summed E-state index contributed by atoms with van der Waals surface area (Å²) >= 11 is 12.6. The Kier molecular flexibility index (Phi) is 5.08. The van der Waals surface area contributed by atoms with Gasteiger partial charge in [-0.05, 0) is 79.9 Å². The van der Waals surface area contributed by atoms with Gasteiger partial charge in [-0.25, -0.2) is 4.98 Å². The zero-order valence-electron chi connectivity index (χ0n) is 16.2. The number of thioether (sulfide) groups is 1. The van der Waals surface area contributed by atoms with Crippen LogP contribution in [0.2, 0.25) is 5.02 Å². The standard InChI is InChI=1S/C22H17ClN4O2S2/c23-12-5-7-13(8-6-12)27-21(29)15(19(28)26-22(27)30)10-17-18(24)14-9-11-3-1-2-4-16(11)25-20(14)31-17/h5-10,24,29H,1-4H2,(H,26,28,30). The predicted molar refractivity (Wildman–Crippen MR) is 125 cm³/mol. The number of aromatic nitrogens is 3. The fourth-order valence-corrected chi connectivity index (χ4v) is 5.33. The number of benzene rings is 1. The molecule has 1 aliphatic carbocycles. The number of halogens is 1. The summed E-state index contributed by atoms with van der Waals surface area (Å²) in [5.74, 6) is -0.291. The highest BCUT2D eigenvalue weighted by molar-refractivity contribution is 8.04. The van der Waals surface area contributed by atoms with E-state index >= 15 is 0 Å². The quantitative estimate of drug-likeness (QED) is 0.458. The molecule has 2 aromatic heterocycles. The van der Waals surface area contributed by atoms with E-state index < -0.39 is 5.56 Å². The van der Waals surface area contributed by atoms with Gasteiger partial charge in [0, 0.05) is 21.2 Å². The Morgan fingerprint density at radius 1 is 1.26 bits per heavy atom. The van der Waals surface area contributed by atoms with E-state index in [0.29, 0.717) is 21.3 Å². The first-order valence-electron chi connectivity index (χ1n) is 9.78. The van der Waals surface area contributed by atoms with Crippen molar-refractivity contribution in [2.75, 3.05) is 0 Å². The van der Waals surface area contributed by atoms with Gasteiger partial charge in [-0.3, -0.25) is 19.8 Å². The van der Waals surface area contributed by atoms with Crippen LogP contribution in [0, 0.1) is 10.2 Å². The van der Waals surface area contributed by atoms with Gasteiger partial charge in [-0.2, -0.15) is 0 Å². The molecule has 0 fully saturated rings. The van der Waals surface area contributed by atoms with Crippen molar-refractivity contribution < 1.29 is 5.11 Å². The summed E-state index contributed by atoms with van der Waals surface area (Å²) in [6.07, 6.45) is 5.73. The number of rotatable bonds is 2. The third kappa shape index (κ3) is 3.54. The van der Waals surface area contributed by atoms with Gasteiger partial charge in [-0.1, -0.05) is 23.4 Å². The lowest BCUT2D eigenvalue weighted by atomic mass is 9.94. The molecule has 3 heterocycles. The van der Waals surface area contributed by atoms with E-state index in [2.05, 4.69) is 11.1 Å². The van der Waals surface area contributed by atoms with Crippen LogP contribution in [-0.2, 0) is 12.8 Å². The summed E-state index contributed by atoms with van der Waals surface area (Å²) < 4.78 is 1.44. The molecule has 0 radical (unpaired) electrons. The highest BCUT2D eigenvalue weighted by Crippen LogP contribution is 2.41. The number of H-pyrrole nitrogens is 1. The first-order valence-corrected chi connectivity index (χ1v) is 11.4. The molecule has 5 rings (SSSR count). The fourth-order valence-electron chi connectivity index (χ4n) is 3.89. The molecule has 0 unspecified atom stereocenters. The summed E-state index contributed by atoms with van der Waals surface area (Å²) in [6.45, 7) is 0. The number of aromatic hydroxyl groups is 1. The molecular formula is C22H17ClN4O2S2. The topological polar surface area (TPSA) is 94.8 Å². The average molecular weight is 469 g/mol. The van der Waals surface area contributed by atoms with Gasteiger partial charge in [0.2, 0.25) is 5.88 Å². The summed E-state index contributed by atoms with van der Waals surface area (Å²) in [5.41, 5.74) is 3.47. The monoisotopic (exact) mass is 468 g/mol. The van der Waals surface area contributed by atoms with E-state index in [4.69, 9.17) is 34.2 Å². The molecule has 0 saturated carbocycles.